The lowest BCUT2D eigenvalue weighted by Gasteiger charge is -2.22. The molecule has 17 heavy (non-hydrogen) atoms. The van der Waals surface area contributed by atoms with Crippen LogP contribution in [0.25, 0.3) is 0 Å². The molecule has 1 N–H and O–H groups in total. The highest BCUT2D eigenvalue weighted by Gasteiger charge is 2.42. The van der Waals surface area contributed by atoms with Crippen LogP contribution in [0.4, 0.5) is 26.3 Å². The van der Waals surface area contributed by atoms with Crippen molar-refractivity contribution in [2.75, 3.05) is 6.54 Å². The maximum Gasteiger partial charge on any atom is 0.407 e. The van der Waals surface area contributed by atoms with E-state index in [1.165, 1.54) is 23.5 Å². The summed E-state index contributed by atoms with van der Waals surface area (Å²) in [7, 11) is 0. The first-order valence-electron chi connectivity index (χ1n) is 4.62. The Morgan fingerprint density at radius 2 is 1.47 bits per heavy atom. The number of hydrogen-bond donors (Lipinski definition) is 1. The van der Waals surface area contributed by atoms with Crippen molar-refractivity contribution in [3.63, 3.8) is 0 Å². The SMILES string of the molecule is FC(F)(F)CNC(c1ccccc1)C(F)(F)F. The Labute approximate surface area is 93.4 Å². The minimum absolute atomic E-state index is 0.246. The molecule has 0 saturated heterocycles. The monoisotopic (exact) mass is 257 g/mol. The molecule has 0 aliphatic rings. The van der Waals surface area contributed by atoms with Crippen LogP contribution in [0.15, 0.2) is 30.3 Å². The van der Waals surface area contributed by atoms with Gasteiger partial charge in [-0.2, -0.15) is 26.3 Å². The van der Waals surface area contributed by atoms with Crippen LogP contribution < -0.4 is 5.32 Å². The summed E-state index contributed by atoms with van der Waals surface area (Å²) in [5.74, 6) is 0. The highest BCUT2D eigenvalue weighted by molar-refractivity contribution is 5.20. The van der Waals surface area contributed by atoms with Crippen LogP contribution in [0, 0.1) is 0 Å². The Bertz CT molecular complexity index is 342. The van der Waals surface area contributed by atoms with E-state index in [-0.39, 0.29) is 5.56 Å². The van der Waals surface area contributed by atoms with Gasteiger partial charge in [-0.1, -0.05) is 30.3 Å². The molecule has 7 heteroatoms. The van der Waals surface area contributed by atoms with Crippen molar-refractivity contribution >= 4 is 0 Å². The molecule has 0 amide bonds. The zero-order chi connectivity index (χ0) is 13.1. The molecular weight excluding hydrogens is 248 g/mol. The van der Waals surface area contributed by atoms with Crippen molar-refractivity contribution in [2.24, 2.45) is 0 Å². The van der Waals surface area contributed by atoms with E-state index in [0.29, 0.717) is 0 Å². The van der Waals surface area contributed by atoms with Crippen molar-refractivity contribution in [1.29, 1.82) is 0 Å². The van der Waals surface area contributed by atoms with E-state index in [0.717, 1.165) is 12.1 Å². The minimum Gasteiger partial charge on any atom is -0.294 e. The van der Waals surface area contributed by atoms with E-state index in [4.69, 9.17) is 0 Å². The second-order valence-electron chi connectivity index (χ2n) is 3.38. The summed E-state index contributed by atoms with van der Waals surface area (Å²) in [5, 5.41) is 1.47. The van der Waals surface area contributed by atoms with Crippen molar-refractivity contribution in [3.8, 4) is 0 Å². The lowest BCUT2D eigenvalue weighted by atomic mass is 10.1. The fourth-order valence-electron chi connectivity index (χ4n) is 1.29. The highest BCUT2D eigenvalue weighted by Crippen LogP contribution is 2.33. The van der Waals surface area contributed by atoms with Crippen LogP contribution in [-0.4, -0.2) is 18.9 Å². The standard InChI is InChI=1S/C10H9F6N/c11-9(12,13)6-17-8(10(14,15)16)7-4-2-1-3-5-7/h1-5,8,17H,6H2. The van der Waals surface area contributed by atoms with Gasteiger partial charge in [0.25, 0.3) is 0 Å². The Morgan fingerprint density at radius 3 is 1.88 bits per heavy atom. The van der Waals surface area contributed by atoms with Crippen LogP contribution in [0.5, 0.6) is 0 Å². The van der Waals surface area contributed by atoms with Gasteiger partial charge in [0.05, 0.1) is 6.54 Å². The molecule has 1 aromatic rings. The van der Waals surface area contributed by atoms with Gasteiger partial charge >= 0.3 is 12.4 Å². The summed E-state index contributed by atoms with van der Waals surface area (Å²) < 4.78 is 73.3. The number of nitrogens with one attached hydrogen (secondary N) is 1. The average Bonchev–Trinajstić information content (AvgIpc) is 2.15. The third-order valence-corrected chi connectivity index (χ3v) is 1.97. The zero-order valence-corrected chi connectivity index (χ0v) is 8.44. The number of halogens is 6. The summed E-state index contributed by atoms with van der Waals surface area (Å²) in [6.45, 7) is -1.69. The average molecular weight is 257 g/mol. The zero-order valence-electron chi connectivity index (χ0n) is 8.44. The second-order valence-corrected chi connectivity index (χ2v) is 3.38. The van der Waals surface area contributed by atoms with Crippen molar-refractivity contribution in [2.45, 2.75) is 18.4 Å². The molecule has 0 aliphatic carbocycles. The third kappa shape index (κ3) is 4.64. The van der Waals surface area contributed by atoms with Gasteiger partial charge in [-0.25, -0.2) is 0 Å². The quantitative estimate of drug-likeness (QED) is 0.818. The maximum atomic E-state index is 12.6. The van der Waals surface area contributed by atoms with Crippen LogP contribution in [0.2, 0.25) is 0 Å². The molecule has 0 spiro atoms. The van der Waals surface area contributed by atoms with Crippen molar-refractivity contribution in [1.82, 2.24) is 5.32 Å². The summed E-state index contributed by atoms with van der Waals surface area (Å²) in [4.78, 5) is 0. The Morgan fingerprint density at radius 1 is 0.941 bits per heavy atom. The van der Waals surface area contributed by atoms with E-state index in [1.54, 1.807) is 0 Å². The Kier molecular flexibility index (Phi) is 4.03. The van der Waals surface area contributed by atoms with Gasteiger partial charge in [0.15, 0.2) is 0 Å². The summed E-state index contributed by atoms with van der Waals surface area (Å²) in [6, 6.07) is 4.10. The first kappa shape index (κ1) is 13.8. The van der Waals surface area contributed by atoms with E-state index in [2.05, 4.69) is 0 Å². The second kappa shape index (κ2) is 4.95. The summed E-state index contributed by atoms with van der Waals surface area (Å²) in [5.41, 5.74) is -0.246. The molecule has 0 bridgehead atoms. The molecule has 1 rings (SSSR count). The lowest BCUT2D eigenvalue weighted by Crippen LogP contribution is -2.39. The van der Waals surface area contributed by atoms with E-state index in [9.17, 15) is 26.3 Å². The molecule has 0 fully saturated rings. The molecule has 0 saturated carbocycles. The molecule has 0 aromatic heterocycles. The van der Waals surface area contributed by atoms with E-state index < -0.39 is 24.9 Å². The molecule has 1 unspecified atom stereocenters. The fourth-order valence-corrected chi connectivity index (χ4v) is 1.29. The number of benzene rings is 1. The minimum atomic E-state index is -4.77. The number of rotatable bonds is 3. The Hall–Kier alpha value is -1.24. The first-order valence-corrected chi connectivity index (χ1v) is 4.62. The molecule has 0 radical (unpaired) electrons. The summed E-state index contributed by atoms with van der Waals surface area (Å²) in [6.07, 6.45) is -9.45. The molecule has 1 aromatic carbocycles. The molecule has 0 heterocycles. The van der Waals surface area contributed by atoms with Gasteiger partial charge in [0, 0.05) is 0 Å². The van der Waals surface area contributed by atoms with Gasteiger partial charge < -0.3 is 0 Å². The van der Waals surface area contributed by atoms with Gasteiger partial charge in [-0.05, 0) is 5.56 Å². The predicted octanol–water partition coefficient (Wildman–Crippen LogP) is 3.44. The van der Waals surface area contributed by atoms with Crippen LogP contribution >= 0.6 is 0 Å². The van der Waals surface area contributed by atoms with Crippen LogP contribution in [0.1, 0.15) is 11.6 Å². The van der Waals surface area contributed by atoms with Crippen molar-refractivity contribution < 1.29 is 26.3 Å². The molecule has 96 valence electrons. The van der Waals surface area contributed by atoms with E-state index >= 15 is 0 Å². The predicted molar refractivity (Wildman–Crippen MR) is 49.3 cm³/mol. The van der Waals surface area contributed by atoms with Crippen LogP contribution in [-0.2, 0) is 0 Å². The van der Waals surface area contributed by atoms with Gasteiger partial charge in [-0.3, -0.25) is 5.32 Å². The third-order valence-electron chi connectivity index (χ3n) is 1.97. The molecule has 1 atom stereocenters. The number of hydrogen-bond acceptors (Lipinski definition) is 1. The van der Waals surface area contributed by atoms with Gasteiger partial charge in [0.1, 0.15) is 6.04 Å². The normalized spacial score (nSPS) is 14.7. The van der Waals surface area contributed by atoms with Gasteiger partial charge in [-0.15, -0.1) is 0 Å². The van der Waals surface area contributed by atoms with E-state index in [1.807, 2.05) is 0 Å². The van der Waals surface area contributed by atoms with Crippen molar-refractivity contribution in [3.05, 3.63) is 35.9 Å². The van der Waals surface area contributed by atoms with Gasteiger partial charge in [0.2, 0.25) is 0 Å². The molecular formula is C10H9F6N. The summed E-state index contributed by atoms with van der Waals surface area (Å²) >= 11 is 0. The maximum absolute atomic E-state index is 12.6. The smallest absolute Gasteiger partial charge is 0.294 e. The highest BCUT2D eigenvalue weighted by atomic mass is 19.4. The Balaban J connectivity index is 2.83. The topological polar surface area (TPSA) is 12.0 Å². The fraction of sp³-hybridized carbons (Fsp3) is 0.400. The van der Waals surface area contributed by atoms with Crippen LogP contribution in [0.3, 0.4) is 0 Å². The molecule has 0 aliphatic heterocycles. The molecule has 1 nitrogen and oxygen atoms in total. The first-order chi connectivity index (χ1) is 7.70. The largest absolute Gasteiger partial charge is 0.407 e. The number of alkyl halides is 6. The lowest BCUT2D eigenvalue weighted by molar-refractivity contribution is -0.171.